The number of halogens is 4. The number of rotatable bonds is 3. The predicted molar refractivity (Wildman–Crippen MR) is 74.3 cm³/mol. The molecule has 0 aliphatic carbocycles. The average Bonchev–Trinajstić information content (AvgIpc) is 2.76. The topological polar surface area (TPSA) is 46.2 Å². The monoisotopic (exact) mass is 385 g/mol. The lowest BCUT2D eigenvalue weighted by Gasteiger charge is -2.09. The first-order valence-electron chi connectivity index (χ1n) is 5.14. The average molecular weight is 386 g/mol. The van der Waals surface area contributed by atoms with Gasteiger partial charge < -0.3 is 0 Å². The van der Waals surface area contributed by atoms with E-state index in [9.17, 15) is 21.6 Å². The van der Waals surface area contributed by atoms with Crippen molar-refractivity contribution in [1.82, 2.24) is 0 Å². The van der Waals surface area contributed by atoms with Gasteiger partial charge in [0.1, 0.15) is 4.21 Å². The maximum atomic E-state index is 12.4. The van der Waals surface area contributed by atoms with E-state index in [0.29, 0.717) is 3.79 Å². The zero-order valence-electron chi connectivity index (χ0n) is 9.61. The molecule has 0 atom stereocenters. The molecule has 1 aromatic heterocycles. The third kappa shape index (κ3) is 3.53. The molecule has 0 fully saturated rings. The smallest absolute Gasteiger partial charge is 0.279 e. The zero-order chi connectivity index (χ0) is 15.0. The van der Waals surface area contributed by atoms with E-state index in [4.69, 9.17) is 0 Å². The Morgan fingerprint density at radius 3 is 2.10 bits per heavy atom. The van der Waals surface area contributed by atoms with Gasteiger partial charge in [-0.2, -0.15) is 13.2 Å². The minimum Gasteiger partial charge on any atom is -0.279 e. The van der Waals surface area contributed by atoms with Crippen molar-refractivity contribution in [3.63, 3.8) is 0 Å². The van der Waals surface area contributed by atoms with Crippen LogP contribution in [-0.2, 0) is 16.2 Å². The van der Waals surface area contributed by atoms with Gasteiger partial charge >= 0.3 is 6.18 Å². The summed E-state index contributed by atoms with van der Waals surface area (Å²) < 4.78 is 64.0. The number of nitrogens with one attached hydrogen (secondary N) is 1. The van der Waals surface area contributed by atoms with Crippen molar-refractivity contribution in [2.24, 2.45) is 0 Å². The van der Waals surface area contributed by atoms with E-state index in [2.05, 4.69) is 20.7 Å². The van der Waals surface area contributed by atoms with Crippen molar-refractivity contribution in [3.8, 4) is 0 Å². The quantitative estimate of drug-likeness (QED) is 0.854. The van der Waals surface area contributed by atoms with Gasteiger partial charge in [-0.3, -0.25) is 4.72 Å². The lowest BCUT2D eigenvalue weighted by atomic mass is 10.2. The van der Waals surface area contributed by atoms with Crippen LogP contribution in [0.15, 0.2) is 44.4 Å². The number of benzene rings is 1. The molecule has 1 heterocycles. The Morgan fingerprint density at radius 2 is 1.65 bits per heavy atom. The third-order valence-electron chi connectivity index (χ3n) is 2.28. The Kier molecular flexibility index (Phi) is 4.12. The maximum absolute atomic E-state index is 12.4. The van der Waals surface area contributed by atoms with E-state index >= 15 is 0 Å². The molecule has 0 unspecified atom stereocenters. The van der Waals surface area contributed by atoms with E-state index < -0.39 is 21.8 Å². The molecule has 0 amide bonds. The maximum Gasteiger partial charge on any atom is 0.416 e. The molecule has 9 heteroatoms. The molecule has 3 nitrogen and oxygen atoms in total. The van der Waals surface area contributed by atoms with Crippen LogP contribution in [0.25, 0.3) is 0 Å². The van der Waals surface area contributed by atoms with Gasteiger partial charge in [-0.05, 0) is 52.3 Å². The number of thiophene rings is 1. The van der Waals surface area contributed by atoms with E-state index in [0.717, 1.165) is 35.6 Å². The number of hydrogen-bond donors (Lipinski definition) is 1. The number of hydrogen-bond acceptors (Lipinski definition) is 3. The highest BCUT2D eigenvalue weighted by atomic mass is 79.9. The highest BCUT2D eigenvalue weighted by molar-refractivity contribution is 9.11. The van der Waals surface area contributed by atoms with Crippen LogP contribution in [0.2, 0.25) is 0 Å². The second-order valence-corrected chi connectivity index (χ2v) is 8.11. The van der Waals surface area contributed by atoms with Crippen molar-refractivity contribution in [3.05, 3.63) is 45.7 Å². The second kappa shape index (κ2) is 5.38. The Labute approximate surface area is 125 Å². The van der Waals surface area contributed by atoms with Gasteiger partial charge in [0.25, 0.3) is 10.0 Å². The van der Waals surface area contributed by atoms with Gasteiger partial charge in [0, 0.05) is 5.69 Å². The fourth-order valence-corrected chi connectivity index (χ4v) is 4.44. The summed E-state index contributed by atoms with van der Waals surface area (Å²) in [4.78, 5) is 0. The SMILES string of the molecule is O=S(=O)(Nc1ccc(C(F)(F)F)cc1)c1ccc(Br)s1. The molecular formula is C11H7BrF3NO2S2. The molecule has 0 aliphatic rings. The molecule has 0 saturated carbocycles. The molecule has 0 aliphatic heterocycles. The van der Waals surface area contributed by atoms with Crippen molar-refractivity contribution in [1.29, 1.82) is 0 Å². The predicted octanol–water partition coefficient (Wildman–Crippen LogP) is 4.33. The third-order valence-corrected chi connectivity index (χ3v) is 5.77. The Balaban J connectivity index is 2.22. The first-order chi connectivity index (χ1) is 9.18. The van der Waals surface area contributed by atoms with Crippen molar-refractivity contribution < 1.29 is 21.6 Å². The Bertz CT molecular complexity index is 708. The molecule has 0 saturated heterocycles. The lowest BCUT2D eigenvalue weighted by Crippen LogP contribution is -2.12. The van der Waals surface area contributed by atoms with Crippen LogP contribution in [0, 0.1) is 0 Å². The molecule has 108 valence electrons. The van der Waals surface area contributed by atoms with Crippen LogP contribution < -0.4 is 4.72 Å². The van der Waals surface area contributed by atoms with Crippen LogP contribution >= 0.6 is 27.3 Å². The molecule has 20 heavy (non-hydrogen) atoms. The summed E-state index contributed by atoms with van der Waals surface area (Å²) in [5, 5.41) is 0. The summed E-state index contributed by atoms with van der Waals surface area (Å²) >= 11 is 4.15. The van der Waals surface area contributed by atoms with Gasteiger partial charge in [0.15, 0.2) is 0 Å². The number of alkyl halides is 3. The van der Waals surface area contributed by atoms with Crippen LogP contribution in [0.5, 0.6) is 0 Å². The Morgan fingerprint density at radius 1 is 1.05 bits per heavy atom. The zero-order valence-corrected chi connectivity index (χ0v) is 12.8. The van der Waals surface area contributed by atoms with E-state index in [1.807, 2.05) is 0 Å². The summed E-state index contributed by atoms with van der Waals surface area (Å²) in [5.41, 5.74) is -0.762. The van der Waals surface area contributed by atoms with Gasteiger partial charge in [-0.15, -0.1) is 11.3 Å². The fourth-order valence-electron chi connectivity index (χ4n) is 1.37. The first kappa shape index (κ1) is 15.3. The van der Waals surface area contributed by atoms with Crippen LogP contribution in [-0.4, -0.2) is 8.42 Å². The van der Waals surface area contributed by atoms with Gasteiger partial charge in [0.05, 0.1) is 9.35 Å². The summed E-state index contributed by atoms with van der Waals surface area (Å²) in [6.45, 7) is 0. The van der Waals surface area contributed by atoms with Crippen molar-refractivity contribution in [2.75, 3.05) is 4.72 Å². The van der Waals surface area contributed by atoms with Gasteiger partial charge in [-0.1, -0.05) is 0 Å². The van der Waals surface area contributed by atoms with Crippen LogP contribution in [0.1, 0.15) is 5.56 Å². The Hall–Kier alpha value is -1.06. The molecule has 2 rings (SSSR count). The normalized spacial score (nSPS) is 12.4. The fraction of sp³-hybridized carbons (Fsp3) is 0.0909. The summed E-state index contributed by atoms with van der Waals surface area (Å²) in [7, 11) is -3.78. The molecule has 1 aromatic carbocycles. The van der Waals surface area contributed by atoms with Crippen LogP contribution in [0.3, 0.4) is 0 Å². The molecular weight excluding hydrogens is 379 g/mol. The second-order valence-electron chi connectivity index (χ2n) is 3.74. The molecule has 0 radical (unpaired) electrons. The number of sulfonamides is 1. The highest BCUT2D eigenvalue weighted by Gasteiger charge is 2.30. The van der Waals surface area contributed by atoms with Crippen molar-refractivity contribution >= 4 is 43.0 Å². The minimum atomic E-state index is -4.45. The highest BCUT2D eigenvalue weighted by Crippen LogP contribution is 2.31. The van der Waals surface area contributed by atoms with Gasteiger partial charge in [-0.25, -0.2) is 8.42 Å². The van der Waals surface area contributed by atoms with E-state index in [-0.39, 0.29) is 9.90 Å². The summed E-state index contributed by atoms with van der Waals surface area (Å²) in [6, 6.07) is 6.77. The van der Waals surface area contributed by atoms with Gasteiger partial charge in [0.2, 0.25) is 0 Å². The standard InChI is InChI=1S/C11H7BrF3NO2S2/c12-9-5-6-10(19-9)20(17,18)16-8-3-1-7(2-4-8)11(13,14)15/h1-6,16H. The summed E-state index contributed by atoms with van der Waals surface area (Å²) in [6.07, 6.45) is -4.45. The molecule has 1 N–H and O–H groups in total. The molecule has 0 spiro atoms. The largest absolute Gasteiger partial charge is 0.416 e. The van der Waals surface area contributed by atoms with E-state index in [1.54, 1.807) is 6.07 Å². The number of anilines is 1. The summed E-state index contributed by atoms with van der Waals surface area (Å²) in [5.74, 6) is 0. The van der Waals surface area contributed by atoms with Crippen molar-refractivity contribution in [2.45, 2.75) is 10.4 Å². The van der Waals surface area contributed by atoms with E-state index in [1.165, 1.54) is 6.07 Å². The lowest BCUT2D eigenvalue weighted by molar-refractivity contribution is -0.137. The first-order valence-corrected chi connectivity index (χ1v) is 8.23. The minimum absolute atomic E-state index is 0.0718. The molecule has 2 aromatic rings. The van der Waals surface area contributed by atoms with Crippen LogP contribution in [0.4, 0.5) is 18.9 Å². The molecule has 0 bridgehead atoms.